The van der Waals surface area contributed by atoms with Gasteiger partial charge in [-0.1, -0.05) is 12.8 Å². The summed E-state index contributed by atoms with van der Waals surface area (Å²) in [6, 6.07) is -0.468. The molecule has 1 atom stereocenters. The fraction of sp³-hybridized carbons (Fsp3) is 0.818. The van der Waals surface area contributed by atoms with Gasteiger partial charge in [0.2, 0.25) is 5.91 Å². The van der Waals surface area contributed by atoms with E-state index < -0.39 is 12.0 Å². The standard InChI is InChI=1S/C11H20N2O3S/c12-9(11(15)16)5-6-17-7-10(14)13-8-3-1-2-4-8/h8-9H,1-7,12H2,(H,13,14)(H,15,16). The van der Waals surface area contributed by atoms with E-state index in [0.717, 1.165) is 12.8 Å². The molecule has 0 bridgehead atoms. The van der Waals surface area contributed by atoms with Crippen LogP contribution < -0.4 is 11.1 Å². The lowest BCUT2D eigenvalue weighted by Gasteiger charge is -2.11. The van der Waals surface area contributed by atoms with Gasteiger partial charge in [0.05, 0.1) is 5.75 Å². The van der Waals surface area contributed by atoms with Crippen LogP contribution in [0.1, 0.15) is 32.1 Å². The summed E-state index contributed by atoms with van der Waals surface area (Å²) in [5.41, 5.74) is 5.35. The maximum atomic E-state index is 11.5. The van der Waals surface area contributed by atoms with E-state index in [-0.39, 0.29) is 5.91 Å². The van der Waals surface area contributed by atoms with Crippen LogP contribution in [0.5, 0.6) is 0 Å². The molecule has 1 rings (SSSR count). The SMILES string of the molecule is NC(CCSCC(=O)NC1CCCC1)C(=O)O. The van der Waals surface area contributed by atoms with Gasteiger partial charge in [0, 0.05) is 6.04 Å². The van der Waals surface area contributed by atoms with Gasteiger partial charge in [0.1, 0.15) is 6.04 Å². The Hall–Kier alpha value is -0.750. The molecule has 1 fully saturated rings. The number of rotatable bonds is 7. The van der Waals surface area contributed by atoms with Crippen LogP contribution in [-0.2, 0) is 9.59 Å². The molecule has 0 saturated heterocycles. The number of nitrogens with one attached hydrogen (secondary N) is 1. The number of carboxylic acid groups (broad SMARTS) is 1. The average molecular weight is 260 g/mol. The minimum Gasteiger partial charge on any atom is -0.480 e. The summed E-state index contributed by atoms with van der Waals surface area (Å²) < 4.78 is 0. The summed E-state index contributed by atoms with van der Waals surface area (Å²) in [4.78, 5) is 21.9. The number of hydrogen-bond donors (Lipinski definition) is 3. The maximum absolute atomic E-state index is 11.5. The molecule has 0 aromatic rings. The Morgan fingerprint density at radius 1 is 1.41 bits per heavy atom. The molecule has 1 saturated carbocycles. The van der Waals surface area contributed by atoms with Crippen molar-refractivity contribution in [3.05, 3.63) is 0 Å². The predicted molar refractivity (Wildman–Crippen MR) is 68.0 cm³/mol. The molecule has 17 heavy (non-hydrogen) atoms. The lowest BCUT2D eigenvalue weighted by Crippen LogP contribution is -2.34. The first-order valence-corrected chi connectivity index (χ1v) is 7.10. The van der Waals surface area contributed by atoms with Crippen LogP contribution >= 0.6 is 11.8 Å². The monoisotopic (exact) mass is 260 g/mol. The third-order valence-corrected chi connectivity index (χ3v) is 3.83. The fourth-order valence-corrected chi connectivity index (χ4v) is 2.67. The Morgan fingerprint density at radius 2 is 2.06 bits per heavy atom. The van der Waals surface area contributed by atoms with Crippen molar-refractivity contribution < 1.29 is 14.7 Å². The highest BCUT2D eigenvalue weighted by atomic mass is 32.2. The number of aliphatic carboxylic acids is 1. The van der Waals surface area contributed by atoms with Gasteiger partial charge < -0.3 is 16.2 Å². The van der Waals surface area contributed by atoms with Crippen molar-refractivity contribution in [3.63, 3.8) is 0 Å². The maximum Gasteiger partial charge on any atom is 0.320 e. The van der Waals surface area contributed by atoms with Crippen LogP contribution in [0.2, 0.25) is 0 Å². The largest absolute Gasteiger partial charge is 0.480 e. The van der Waals surface area contributed by atoms with Crippen LogP contribution in [-0.4, -0.2) is 40.6 Å². The molecule has 1 amide bonds. The lowest BCUT2D eigenvalue weighted by molar-refractivity contribution is -0.138. The summed E-state index contributed by atoms with van der Waals surface area (Å²) in [5, 5.41) is 11.5. The van der Waals surface area contributed by atoms with E-state index in [1.165, 1.54) is 24.6 Å². The minimum absolute atomic E-state index is 0.0470. The van der Waals surface area contributed by atoms with E-state index >= 15 is 0 Å². The summed E-state index contributed by atoms with van der Waals surface area (Å²) in [6.45, 7) is 0. The van der Waals surface area contributed by atoms with Crippen molar-refractivity contribution in [2.45, 2.75) is 44.2 Å². The molecule has 0 aromatic carbocycles. The Kier molecular flexibility index (Phi) is 6.36. The third kappa shape index (κ3) is 5.93. The number of carboxylic acids is 1. The van der Waals surface area contributed by atoms with Gasteiger partial charge in [-0.25, -0.2) is 0 Å². The molecule has 0 aliphatic heterocycles. The summed E-state index contributed by atoms with van der Waals surface area (Å²) in [7, 11) is 0. The zero-order valence-electron chi connectivity index (χ0n) is 9.85. The summed E-state index contributed by atoms with van der Waals surface area (Å²) in [6.07, 6.45) is 4.97. The van der Waals surface area contributed by atoms with E-state index in [9.17, 15) is 9.59 Å². The molecule has 6 heteroatoms. The average Bonchev–Trinajstić information content (AvgIpc) is 2.76. The van der Waals surface area contributed by atoms with Crippen LogP contribution in [0.4, 0.5) is 0 Å². The van der Waals surface area contributed by atoms with Crippen molar-refractivity contribution in [3.8, 4) is 0 Å². The number of carbonyl (C=O) groups excluding carboxylic acids is 1. The number of nitrogens with two attached hydrogens (primary N) is 1. The molecule has 98 valence electrons. The Balaban J connectivity index is 2.01. The molecule has 5 nitrogen and oxygen atoms in total. The quantitative estimate of drug-likeness (QED) is 0.582. The van der Waals surface area contributed by atoms with Gasteiger partial charge in [0.25, 0.3) is 0 Å². The van der Waals surface area contributed by atoms with Crippen LogP contribution in [0.15, 0.2) is 0 Å². The van der Waals surface area contributed by atoms with E-state index in [0.29, 0.717) is 24.0 Å². The van der Waals surface area contributed by atoms with Crippen molar-refractivity contribution in [1.29, 1.82) is 0 Å². The first kappa shape index (κ1) is 14.3. The van der Waals surface area contributed by atoms with Crippen LogP contribution in [0.25, 0.3) is 0 Å². The highest BCUT2D eigenvalue weighted by molar-refractivity contribution is 7.99. The highest BCUT2D eigenvalue weighted by Gasteiger charge is 2.17. The number of amides is 1. The zero-order valence-corrected chi connectivity index (χ0v) is 10.7. The van der Waals surface area contributed by atoms with Crippen molar-refractivity contribution in [2.75, 3.05) is 11.5 Å². The zero-order chi connectivity index (χ0) is 12.7. The molecule has 1 aliphatic carbocycles. The number of thioether (sulfide) groups is 1. The van der Waals surface area contributed by atoms with Crippen molar-refractivity contribution >= 4 is 23.6 Å². The summed E-state index contributed by atoms with van der Waals surface area (Å²) in [5.74, 6) is 0.0563. The third-order valence-electron chi connectivity index (χ3n) is 2.84. The number of carbonyl (C=O) groups is 2. The van der Waals surface area contributed by atoms with Gasteiger partial charge in [-0.05, 0) is 25.0 Å². The van der Waals surface area contributed by atoms with Crippen molar-refractivity contribution in [2.24, 2.45) is 5.73 Å². The Labute approximate surface area is 106 Å². The van der Waals surface area contributed by atoms with Crippen molar-refractivity contribution in [1.82, 2.24) is 5.32 Å². The topological polar surface area (TPSA) is 92.4 Å². The van der Waals surface area contributed by atoms with Gasteiger partial charge >= 0.3 is 5.97 Å². The Bertz CT molecular complexity index is 267. The second-order valence-corrected chi connectivity index (χ2v) is 5.44. The predicted octanol–water partition coefficient (Wildman–Crippen LogP) is 0.580. The molecule has 0 aromatic heterocycles. The number of hydrogen-bond acceptors (Lipinski definition) is 4. The summed E-state index contributed by atoms with van der Waals surface area (Å²) >= 11 is 1.44. The van der Waals surface area contributed by atoms with E-state index in [1.807, 2.05) is 0 Å². The molecular weight excluding hydrogens is 240 g/mol. The van der Waals surface area contributed by atoms with Crippen LogP contribution in [0.3, 0.4) is 0 Å². The molecule has 0 radical (unpaired) electrons. The highest BCUT2D eigenvalue weighted by Crippen LogP contribution is 2.17. The fourth-order valence-electron chi connectivity index (χ4n) is 1.84. The normalized spacial score (nSPS) is 17.9. The molecule has 0 heterocycles. The van der Waals surface area contributed by atoms with Gasteiger partial charge in [-0.3, -0.25) is 9.59 Å². The molecular formula is C11H20N2O3S. The van der Waals surface area contributed by atoms with Gasteiger partial charge in [0.15, 0.2) is 0 Å². The van der Waals surface area contributed by atoms with Crippen LogP contribution in [0, 0.1) is 0 Å². The minimum atomic E-state index is -0.985. The lowest BCUT2D eigenvalue weighted by atomic mass is 10.2. The van der Waals surface area contributed by atoms with E-state index in [2.05, 4.69) is 5.32 Å². The first-order valence-electron chi connectivity index (χ1n) is 5.95. The Morgan fingerprint density at radius 3 is 2.65 bits per heavy atom. The molecule has 0 spiro atoms. The molecule has 4 N–H and O–H groups in total. The van der Waals surface area contributed by atoms with E-state index in [4.69, 9.17) is 10.8 Å². The smallest absolute Gasteiger partial charge is 0.320 e. The van der Waals surface area contributed by atoms with E-state index in [1.54, 1.807) is 0 Å². The second-order valence-electron chi connectivity index (χ2n) is 4.33. The first-order chi connectivity index (χ1) is 8.09. The second kappa shape index (κ2) is 7.55. The molecule has 1 aliphatic rings. The van der Waals surface area contributed by atoms with Gasteiger partial charge in [-0.2, -0.15) is 11.8 Å². The van der Waals surface area contributed by atoms with Gasteiger partial charge in [-0.15, -0.1) is 0 Å². The molecule has 1 unspecified atom stereocenters.